The van der Waals surface area contributed by atoms with Crippen molar-refractivity contribution in [3.05, 3.63) is 90.6 Å². The second-order valence-corrected chi connectivity index (χ2v) is 7.05. The lowest BCUT2D eigenvalue weighted by molar-refractivity contribution is 0.306. The van der Waals surface area contributed by atoms with Crippen LogP contribution in [0, 0.1) is 0 Å². The number of para-hydroxylation sites is 2. The number of rotatable bonds is 8. The monoisotopic (exact) mass is 532 g/mol. The molecule has 2 aromatic heterocycles. The molecule has 0 bridgehead atoms. The molecule has 0 aliphatic carbocycles. The summed E-state index contributed by atoms with van der Waals surface area (Å²) in [6.45, 7) is 1.02. The van der Waals surface area contributed by atoms with Gasteiger partial charge in [-0.3, -0.25) is 0 Å². The van der Waals surface area contributed by atoms with Gasteiger partial charge in [-0.2, -0.15) is 0 Å². The molecule has 10 nitrogen and oxygen atoms in total. The van der Waals surface area contributed by atoms with E-state index in [1.165, 1.54) is 12.7 Å². The summed E-state index contributed by atoms with van der Waals surface area (Å²) in [5.41, 5.74) is 6.72. The molecule has 0 unspecified atom stereocenters. The summed E-state index contributed by atoms with van der Waals surface area (Å²) in [7, 11) is 0. The fourth-order valence-electron chi connectivity index (χ4n) is 2.45. The molecule has 0 atom stereocenters. The van der Waals surface area contributed by atoms with Crippen molar-refractivity contribution in [3.63, 3.8) is 0 Å². The molecule has 0 saturated carbocycles. The smallest absolute Gasteiger partial charge is 0.135 e. The van der Waals surface area contributed by atoms with E-state index in [0.717, 1.165) is 11.4 Å². The molecule has 12 heteroatoms. The second-order valence-electron chi connectivity index (χ2n) is 6.66. The Hall–Kier alpha value is -3.54. The van der Waals surface area contributed by atoms with E-state index in [1.807, 2.05) is 60.7 Å². The van der Waals surface area contributed by atoms with Crippen molar-refractivity contribution in [2.45, 2.75) is 0 Å². The molecule has 7 N–H and O–H groups in total. The molecule has 2 heterocycles. The summed E-state index contributed by atoms with van der Waals surface area (Å²) < 4.78 is 0. The number of nitrogens with two attached hydrogens (primary N) is 1. The van der Waals surface area contributed by atoms with Crippen LogP contribution in [-0.4, -0.2) is 56.5 Å². The first kappa shape index (κ1) is 30.5. The highest BCUT2D eigenvalue weighted by molar-refractivity contribution is 6.29. The Kier molecular flexibility index (Phi) is 15.9. The van der Waals surface area contributed by atoms with Crippen molar-refractivity contribution in [2.24, 2.45) is 5.73 Å². The average molecular weight is 533 g/mol. The van der Waals surface area contributed by atoms with E-state index in [1.54, 1.807) is 12.1 Å². The molecule has 36 heavy (non-hydrogen) atoms. The highest BCUT2D eigenvalue weighted by Crippen LogP contribution is 2.16. The molecular formula is C24H30Cl2N8O2. The van der Waals surface area contributed by atoms with Crippen LogP contribution in [-0.2, 0) is 0 Å². The predicted octanol–water partition coefficient (Wildman–Crippen LogP) is 3.86. The zero-order chi connectivity index (χ0) is 25.1. The minimum Gasteiger partial charge on any atom is -0.395 e. The molecular weight excluding hydrogens is 503 g/mol. The number of benzene rings is 2. The number of nitrogens with one attached hydrogen (secondary N) is 3. The lowest BCUT2D eigenvalue weighted by Crippen LogP contribution is -2.07. The van der Waals surface area contributed by atoms with E-state index < -0.39 is 0 Å². The first-order valence-corrected chi connectivity index (χ1v) is 11.1. The highest BCUT2D eigenvalue weighted by Gasteiger charge is 1.98. The van der Waals surface area contributed by atoms with Gasteiger partial charge in [0, 0.05) is 36.6 Å². The summed E-state index contributed by atoms with van der Waals surface area (Å²) in [4.78, 5) is 16.0. The quantitative estimate of drug-likeness (QED) is 0.184. The average Bonchev–Trinajstić information content (AvgIpc) is 2.89. The van der Waals surface area contributed by atoms with Gasteiger partial charge in [-0.15, -0.1) is 12.4 Å². The van der Waals surface area contributed by atoms with Crippen LogP contribution in [0.4, 0.5) is 28.8 Å². The molecule has 2 aromatic carbocycles. The topological polar surface area (TPSA) is 154 Å². The van der Waals surface area contributed by atoms with Crippen LogP contribution >= 0.6 is 24.0 Å². The van der Waals surface area contributed by atoms with Crippen molar-refractivity contribution in [1.82, 2.24) is 19.9 Å². The maximum Gasteiger partial charge on any atom is 0.135 e. The first-order chi connectivity index (χ1) is 17.1. The molecule has 4 aromatic rings. The van der Waals surface area contributed by atoms with Crippen LogP contribution in [0.3, 0.4) is 0 Å². The molecule has 0 aliphatic rings. The van der Waals surface area contributed by atoms with E-state index in [-0.39, 0.29) is 25.6 Å². The maximum atomic E-state index is 8.71. The molecule has 0 aliphatic heterocycles. The number of aliphatic hydroxyl groups is 2. The molecule has 4 rings (SSSR count). The van der Waals surface area contributed by atoms with Gasteiger partial charge in [0.05, 0.1) is 13.2 Å². The molecule has 0 saturated heterocycles. The summed E-state index contributed by atoms with van der Waals surface area (Å²) in [6, 6.07) is 23.0. The number of hydrogen-bond acceptors (Lipinski definition) is 10. The van der Waals surface area contributed by atoms with Crippen molar-refractivity contribution in [3.8, 4) is 0 Å². The van der Waals surface area contributed by atoms with Gasteiger partial charge in [-0.05, 0) is 24.3 Å². The molecule has 0 amide bonds. The Morgan fingerprint density at radius 3 is 1.64 bits per heavy atom. The number of hydrogen-bond donors (Lipinski definition) is 6. The zero-order valence-corrected chi connectivity index (χ0v) is 21.0. The van der Waals surface area contributed by atoms with Crippen molar-refractivity contribution in [2.75, 3.05) is 42.3 Å². The Morgan fingerprint density at radius 1 is 0.694 bits per heavy atom. The molecule has 0 radical (unpaired) electrons. The first-order valence-electron chi connectivity index (χ1n) is 10.7. The number of anilines is 5. The Bertz CT molecular complexity index is 1090. The number of nitrogens with zero attached hydrogens (tertiary/aromatic N) is 4. The number of aromatic nitrogens is 4. The third-order valence-electron chi connectivity index (χ3n) is 3.94. The maximum absolute atomic E-state index is 8.71. The Labute approximate surface area is 221 Å². The normalized spacial score (nSPS) is 9.33. The fourth-order valence-corrected chi connectivity index (χ4v) is 2.59. The Morgan fingerprint density at radius 2 is 1.17 bits per heavy atom. The van der Waals surface area contributed by atoms with Crippen LogP contribution in [0.5, 0.6) is 0 Å². The lowest BCUT2D eigenvalue weighted by atomic mass is 10.3. The van der Waals surface area contributed by atoms with E-state index in [2.05, 4.69) is 35.9 Å². The van der Waals surface area contributed by atoms with E-state index >= 15 is 0 Å². The highest BCUT2D eigenvalue weighted by atomic mass is 35.5. The number of halogens is 2. The Balaban J connectivity index is 0.000000310. The molecule has 0 spiro atoms. The van der Waals surface area contributed by atoms with Gasteiger partial charge in [0.15, 0.2) is 0 Å². The predicted molar refractivity (Wildman–Crippen MR) is 147 cm³/mol. The van der Waals surface area contributed by atoms with Gasteiger partial charge < -0.3 is 31.9 Å². The van der Waals surface area contributed by atoms with Crippen molar-refractivity contribution in [1.29, 1.82) is 0 Å². The van der Waals surface area contributed by atoms with Gasteiger partial charge in [-0.25, -0.2) is 19.9 Å². The summed E-state index contributed by atoms with van der Waals surface area (Å²) in [6.07, 6.45) is 2.90. The second kappa shape index (κ2) is 18.7. The van der Waals surface area contributed by atoms with Gasteiger partial charge >= 0.3 is 0 Å². The minimum absolute atomic E-state index is 0. The summed E-state index contributed by atoms with van der Waals surface area (Å²) >= 11 is 5.72. The van der Waals surface area contributed by atoms with Crippen LogP contribution in [0.1, 0.15) is 0 Å². The zero-order valence-electron chi connectivity index (χ0n) is 19.5. The van der Waals surface area contributed by atoms with E-state index in [4.69, 9.17) is 27.5 Å². The summed E-state index contributed by atoms with van der Waals surface area (Å²) in [5.74, 6) is 2.09. The largest absolute Gasteiger partial charge is 0.395 e. The fraction of sp³-hybridized carbons (Fsp3) is 0.167. The van der Waals surface area contributed by atoms with Crippen LogP contribution in [0.2, 0.25) is 5.15 Å². The van der Waals surface area contributed by atoms with Crippen LogP contribution in [0.25, 0.3) is 0 Å². The third kappa shape index (κ3) is 12.8. The summed E-state index contributed by atoms with van der Waals surface area (Å²) in [5, 5.41) is 26.1. The van der Waals surface area contributed by atoms with E-state index in [0.29, 0.717) is 35.7 Å². The van der Waals surface area contributed by atoms with Crippen LogP contribution < -0.4 is 21.7 Å². The van der Waals surface area contributed by atoms with Gasteiger partial charge in [-0.1, -0.05) is 48.0 Å². The van der Waals surface area contributed by atoms with E-state index in [9.17, 15) is 0 Å². The van der Waals surface area contributed by atoms with Crippen molar-refractivity contribution < 1.29 is 10.2 Å². The van der Waals surface area contributed by atoms with Gasteiger partial charge in [0.1, 0.15) is 35.3 Å². The van der Waals surface area contributed by atoms with Gasteiger partial charge in [0.25, 0.3) is 0 Å². The third-order valence-corrected chi connectivity index (χ3v) is 4.15. The SMILES string of the molecule is Cl.Clc1cc(Nc2ccccc2)ncn1.NCCO.OCCNc1cc(Nc2ccccc2)ncn1. The van der Waals surface area contributed by atoms with Gasteiger partial charge in [0.2, 0.25) is 0 Å². The lowest BCUT2D eigenvalue weighted by Gasteiger charge is -2.07. The van der Waals surface area contributed by atoms with Crippen molar-refractivity contribution >= 4 is 52.8 Å². The molecule has 0 fully saturated rings. The number of aliphatic hydroxyl groups excluding tert-OH is 2. The standard InChI is InChI=1S/C12H14N4O.C10H8ClN3.C2H7NO.ClH/c17-7-6-13-11-8-12(15-9-14-11)16-10-4-2-1-3-5-10;11-9-6-10(13-7-12-9)14-8-4-2-1-3-5-8;3-1-2-4;/h1-5,8-9,17H,6-7H2,(H2,13,14,15,16);1-7H,(H,12,13,14);4H,1-3H2;1H. The molecule has 192 valence electrons. The minimum atomic E-state index is 0. The van der Waals surface area contributed by atoms with Crippen LogP contribution in [0.15, 0.2) is 85.5 Å².